The van der Waals surface area contributed by atoms with E-state index in [9.17, 15) is 0 Å². The predicted octanol–water partition coefficient (Wildman–Crippen LogP) is 5.04. The van der Waals surface area contributed by atoms with Gasteiger partial charge in [0.1, 0.15) is 0 Å². The Balaban J connectivity index is 1.72. The minimum atomic E-state index is 0.526. The zero-order valence-corrected chi connectivity index (χ0v) is 13.3. The van der Waals surface area contributed by atoms with E-state index >= 15 is 0 Å². The largest absolute Gasteiger partial charge is 0.310 e. The Kier molecular flexibility index (Phi) is 3.90. The minimum absolute atomic E-state index is 0.526. The van der Waals surface area contributed by atoms with Gasteiger partial charge in [0.05, 0.1) is 0 Å². The van der Waals surface area contributed by atoms with Gasteiger partial charge in [-0.25, -0.2) is 0 Å². The summed E-state index contributed by atoms with van der Waals surface area (Å²) in [5, 5.41) is 3.78. The average molecular weight is 271 g/mol. The number of hydrogen-bond donors (Lipinski definition) is 1. The van der Waals surface area contributed by atoms with E-state index in [1.807, 2.05) is 0 Å². The Morgan fingerprint density at radius 1 is 1.20 bits per heavy atom. The molecule has 0 aliphatic heterocycles. The minimum Gasteiger partial charge on any atom is -0.310 e. The second kappa shape index (κ2) is 5.52. The molecule has 2 saturated carbocycles. The molecule has 0 spiro atoms. The predicted molar refractivity (Wildman–Crippen MR) is 86.0 cm³/mol. The van der Waals surface area contributed by atoms with Crippen molar-refractivity contribution in [2.24, 2.45) is 11.3 Å². The van der Waals surface area contributed by atoms with E-state index in [4.69, 9.17) is 0 Å². The monoisotopic (exact) mass is 271 g/mol. The van der Waals surface area contributed by atoms with Gasteiger partial charge < -0.3 is 5.32 Å². The second-order valence-electron chi connectivity index (χ2n) is 7.53. The highest BCUT2D eigenvalue weighted by molar-refractivity contribution is 5.30. The van der Waals surface area contributed by atoms with E-state index in [2.05, 4.69) is 50.4 Å². The van der Waals surface area contributed by atoms with Gasteiger partial charge in [-0.15, -0.1) is 0 Å². The van der Waals surface area contributed by atoms with Crippen molar-refractivity contribution in [1.82, 2.24) is 5.32 Å². The van der Waals surface area contributed by atoms with Gasteiger partial charge in [-0.2, -0.15) is 0 Å². The van der Waals surface area contributed by atoms with Crippen LogP contribution in [0.4, 0.5) is 0 Å². The highest BCUT2D eigenvalue weighted by Crippen LogP contribution is 2.57. The molecule has 0 radical (unpaired) electrons. The Morgan fingerprint density at radius 3 is 2.30 bits per heavy atom. The Bertz CT molecular complexity index is 441. The Hall–Kier alpha value is -0.820. The maximum Gasteiger partial charge on any atom is 0.0353 e. The molecule has 1 aromatic carbocycles. The van der Waals surface area contributed by atoms with E-state index in [-0.39, 0.29) is 0 Å². The molecule has 0 amide bonds. The zero-order valence-electron chi connectivity index (χ0n) is 13.3. The summed E-state index contributed by atoms with van der Waals surface area (Å²) in [6, 6.07) is 10.1. The molecule has 3 rings (SSSR count). The molecule has 1 aromatic rings. The molecule has 0 saturated heterocycles. The summed E-state index contributed by atoms with van der Waals surface area (Å²) in [7, 11) is 0. The number of rotatable bonds is 6. The van der Waals surface area contributed by atoms with Crippen molar-refractivity contribution >= 4 is 0 Å². The van der Waals surface area contributed by atoms with Crippen LogP contribution in [0.1, 0.15) is 76.0 Å². The Labute approximate surface area is 124 Å². The van der Waals surface area contributed by atoms with Crippen LogP contribution < -0.4 is 5.32 Å². The summed E-state index contributed by atoms with van der Waals surface area (Å²) < 4.78 is 0. The number of hydrogen-bond acceptors (Lipinski definition) is 1. The summed E-state index contributed by atoms with van der Waals surface area (Å²) in [5.41, 5.74) is 3.58. The lowest BCUT2D eigenvalue weighted by Crippen LogP contribution is -2.25. The molecule has 2 unspecified atom stereocenters. The lowest BCUT2D eigenvalue weighted by molar-refractivity contribution is 0.412. The first-order valence-corrected chi connectivity index (χ1v) is 8.45. The molecule has 2 aliphatic rings. The van der Waals surface area contributed by atoms with Gasteiger partial charge in [0.15, 0.2) is 0 Å². The quantitative estimate of drug-likeness (QED) is 0.764. The van der Waals surface area contributed by atoms with Crippen molar-refractivity contribution in [1.29, 1.82) is 0 Å². The molecule has 1 N–H and O–H groups in total. The normalized spacial score (nSPS) is 26.1. The molecular formula is C19H29N. The van der Waals surface area contributed by atoms with Gasteiger partial charge in [-0.05, 0) is 60.6 Å². The fourth-order valence-corrected chi connectivity index (χ4v) is 3.59. The van der Waals surface area contributed by atoms with Crippen molar-refractivity contribution in [3.8, 4) is 0 Å². The SMILES string of the molecule is CCCNC(c1ccc(C2CCC2)cc1)C1CC1(C)C. The highest BCUT2D eigenvalue weighted by atomic mass is 14.9. The van der Waals surface area contributed by atoms with Crippen molar-refractivity contribution in [2.45, 2.75) is 64.8 Å². The molecule has 0 heterocycles. The maximum atomic E-state index is 3.78. The third-order valence-corrected chi connectivity index (χ3v) is 5.48. The maximum absolute atomic E-state index is 3.78. The molecule has 0 aromatic heterocycles. The third kappa shape index (κ3) is 2.79. The fraction of sp³-hybridized carbons (Fsp3) is 0.684. The van der Waals surface area contributed by atoms with E-state index < -0.39 is 0 Å². The molecule has 20 heavy (non-hydrogen) atoms. The van der Waals surface area contributed by atoms with Gasteiger partial charge in [0.25, 0.3) is 0 Å². The molecule has 2 aliphatic carbocycles. The van der Waals surface area contributed by atoms with Crippen LogP contribution in [0.2, 0.25) is 0 Å². The third-order valence-electron chi connectivity index (χ3n) is 5.48. The van der Waals surface area contributed by atoms with Gasteiger partial charge in [-0.3, -0.25) is 0 Å². The van der Waals surface area contributed by atoms with Crippen LogP contribution in [0.15, 0.2) is 24.3 Å². The molecule has 110 valence electrons. The van der Waals surface area contributed by atoms with Gasteiger partial charge in [0, 0.05) is 6.04 Å². The van der Waals surface area contributed by atoms with Crippen LogP contribution >= 0.6 is 0 Å². The fourth-order valence-electron chi connectivity index (χ4n) is 3.59. The van der Waals surface area contributed by atoms with E-state index in [0.29, 0.717) is 11.5 Å². The first-order chi connectivity index (χ1) is 9.62. The number of nitrogens with one attached hydrogen (secondary N) is 1. The van der Waals surface area contributed by atoms with Crippen LogP contribution in [-0.4, -0.2) is 6.54 Å². The van der Waals surface area contributed by atoms with Crippen LogP contribution in [-0.2, 0) is 0 Å². The smallest absolute Gasteiger partial charge is 0.0353 e. The van der Waals surface area contributed by atoms with E-state index in [0.717, 1.165) is 18.4 Å². The standard InChI is InChI=1S/C19H29N/c1-4-12-20-18(17-13-19(17,2)3)16-10-8-15(9-11-16)14-6-5-7-14/h8-11,14,17-18,20H,4-7,12-13H2,1-3H3. The van der Waals surface area contributed by atoms with Crippen molar-refractivity contribution in [2.75, 3.05) is 6.54 Å². The molecule has 2 fully saturated rings. The van der Waals surface area contributed by atoms with Crippen LogP contribution in [0.25, 0.3) is 0 Å². The molecule has 1 heteroatoms. The first-order valence-electron chi connectivity index (χ1n) is 8.45. The molecular weight excluding hydrogens is 242 g/mol. The highest BCUT2D eigenvalue weighted by Gasteiger charge is 2.50. The zero-order chi connectivity index (χ0) is 14.2. The second-order valence-corrected chi connectivity index (χ2v) is 7.53. The topological polar surface area (TPSA) is 12.0 Å². The van der Waals surface area contributed by atoms with Crippen LogP contribution in [0, 0.1) is 11.3 Å². The first kappa shape index (κ1) is 14.1. The molecule has 1 nitrogen and oxygen atoms in total. The Morgan fingerprint density at radius 2 is 1.85 bits per heavy atom. The van der Waals surface area contributed by atoms with Crippen LogP contribution in [0.3, 0.4) is 0 Å². The van der Waals surface area contributed by atoms with Gasteiger partial charge in [0.2, 0.25) is 0 Å². The van der Waals surface area contributed by atoms with Crippen molar-refractivity contribution < 1.29 is 0 Å². The van der Waals surface area contributed by atoms with E-state index in [1.54, 1.807) is 5.56 Å². The summed E-state index contributed by atoms with van der Waals surface area (Å²) in [5.74, 6) is 1.66. The van der Waals surface area contributed by atoms with E-state index in [1.165, 1.54) is 37.7 Å². The van der Waals surface area contributed by atoms with Crippen molar-refractivity contribution in [3.05, 3.63) is 35.4 Å². The van der Waals surface area contributed by atoms with Crippen molar-refractivity contribution in [3.63, 3.8) is 0 Å². The molecule has 0 bridgehead atoms. The lowest BCUT2D eigenvalue weighted by Gasteiger charge is -2.27. The summed E-state index contributed by atoms with van der Waals surface area (Å²) in [4.78, 5) is 0. The van der Waals surface area contributed by atoms with Gasteiger partial charge in [-0.1, -0.05) is 51.5 Å². The average Bonchev–Trinajstić information content (AvgIpc) is 2.98. The lowest BCUT2D eigenvalue weighted by atomic mass is 9.79. The van der Waals surface area contributed by atoms with Gasteiger partial charge >= 0.3 is 0 Å². The number of benzene rings is 1. The summed E-state index contributed by atoms with van der Waals surface area (Å²) in [6.45, 7) is 8.19. The summed E-state index contributed by atoms with van der Waals surface area (Å²) >= 11 is 0. The molecule has 2 atom stereocenters. The summed E-state index contributed by atoms with van der Waals surface area (Å²) in [6.07, 6.45) is 6.78. The van der Waals surface area contributed by atoms with Crippen LogP contribution in [0.5, 0.6) is 0 Å².